The van der Waals surface area contributed by atoms with Gasteiger partial charge in [0, 0.05) is 23.7 Å². The molecular formula is C12H8Cl2O2. The number of rotatable bonds is 0. The lowest BCUT2D eigenvalue weighted by atomic mass is 9.75. The van der Waals surface area contributed by atoms with Crippen LogP contribution in [0.15, 0.2) is 34.4 Å². The Labute approximate surface area is 103 Å². The summed E-state index contributed by atoms with van der Waals surface area (Å²) in [5.41, 5.74) is 0.837. The maximum absolute atomic E-state index is 11.8. The van der Waals surface area contributed by atoms with Gasteiger partial charge in [0.05, 0.1) is 0 Å². The zero-order valence-corrected chi connectivity index (χ0v) is 9.70. The summed E-state index contributed by atoms with van der Waals surface area (Å²) in [6.45, 7) is 0. The van der Waals surface area contributed by atoms with Gasteiger partial charge >= 0.3 is 0 Å². The van der Waals surface area contributed by atoms with E-state index in [2.05, 4.69) is 0 Å². The van der Waals surface area contributed by atoms with Crippen LogP contribution in [0.1, 0.15) is 0 Å². The molecule has 4 unspecified atom stereocenters. The fraction of sp³-hybridized carbons (Fsp3) is 0.333. The van der Waals surface area contributed by atoms with Crippen molar-refractivity contribution < 1.29 is 9.59 Å². The van der Waals surface area contributed by atoms with Crippen LogP contribution in [0.2, 0.25) is 0 Å². The van der Waals surface area contributed by atoms with E-state index in [0.29, 0.717) is 0 Å². The van der Waals surface area contributed by atoms with E-state index in [-0.39, 0.29) is 39.7 Å². The zero-order chi connectivity index (χ0) is 11.4. The van der Waals surface area contributed by atoms with Crippen molar-refractivity contribution in [2.45, 2.75) is 0 Å². The molecule has 16 heavy (non-hydrogen) atoms. The van der Waals surface area contributed by atoms with Crippen molar-refractivity contribution in [1.29, 1.82) is 0 Å². The minimum atomic E-state index is -0.282. The molecule has 4 atom stereocenters. The molecule has 3 aliphatic carbocycles. The van der Waals surface area contributed by atoms with Crippen molar-refractivity contribution in [3.05, 3.63) is 34.4 Å². The number of hydrogen-bond acceptors (Lipinski definition) is 2. The average Bonchev–Trinajstić information content (AvgIpc) is 2.79. The molecule has 0 aliphatic heterocycles. The summed E-state index contributed by atoms with van der Waals surface area (Å²) in [4.78, 5) is 23.6. The van der Waals surface area contributed by atoms with Gasteiger partial charge in [-0.1, -0.05) is 35.4 Å². The van der Waals surface area contributed by atoms with Gasteiger partial charge in [-0.05, 0) is 17.7 Å². The molecule has 0 amide bonds. The second-order valence-corrected chi connectivity index (χ2v) is 5.29. The van der Waals surface area contributed by atoms with Gasteiger partial charge < -0.3 is 0 Å². The van der Waals surface area contributed by atoms with Gasteiger partial charge in [0.1, 0.15) is 4.49 Å². The van der Waals surface area contributed by atoms with E-state index in [1.54, 1.807) is 0 Å². The van der Waals surface area contributed by atoms with Crippen LogP contribution in [-0.4, -0.2) is 11.6 Å². The van der Waals surface area contributed by atoms with Crippen molar-refractivity contribution in [2.24, 2.45) is 23.7 Å². The second-order valence-electron chi connectivity index (χ2n) is 4.34. The van der Waals surface area contributed by atoms with Gasteiger partial charge in [0.25, 0.3) is 0 Å². The Kier molecular flexibility index (Phi) is 2.13. The molecule has 2 bridgehead atoms. The van der Waals surface area contributed by atoms with E-state index >= 15 is 0 Å². The molecule has 0 spiro atoms. The van der Waals surface area contributed by atoms with E-state index in [0.717, 1.165) is 5.57 Å². The number of fused-ring (bicyclic) bond motifs is 5. The van der Waals surface area contributed by atoms with E-state index in [1.807, 2.05) is 12.2 Å². The first-order valence-corrected chi connectivity index (χ1v) is 5.86. The van der Waals surface area contributed by atoms with Gasteiger partial charge in [-0.2, -0.15) is 0 Å². The average molecular weight is 255 g/mol. The van der Waals surface area contributed by atoms with Crippen molar-refractivity contribution in [3.63, 3.8) is 0 Å². The predicted molar refractivity (Wildman–Crippen MR) is 61.0 cm³/mol. The third kappa shape index (κ3) is 1.14. The molecule has 4 heteroatoms. The van der Waals surface area contributed by atoms with Crippen LogP contribution in [-0.2, 0) is 9.59 Å². The first-order valence-electron chi connectivity index (χ1n) is 5.10. The molecule has 1 fully saturated rings. The lowest BCUT2D eigenvalue weighted by Crippen LogP contribution is -2.34. The highest BCUT2D eigenvalue weighted by Gasteiger charge is 2.55. The number of ketones is 2. The summed E-state index contributed by atoms with van der Waals surface area (Å²) >= 11 is 11.7. The zero-order valence-electron chi connectivity index (χ0n) is 8.19. The van der Waals surface area contributed by atoms with Crippen LogP contribution < -0.4 is 0 Å². The Balaban J connectivity index is 2.15. The molecular weight excluding hydrogens is 247 g/mol. The molecule has 0 radical (unpaired) electrons. The Bertz CT molecular complexity index is 447. The third-order valence-corrected chi connectivity index (χ3v) is 4.13. The minimum Gasteiger partial charge on any atom is -0.294 e. The SMILES string of the molecule is O=C1C=CC(=O)C2C3C=CC(C3=C(Cl)Cl)C12. The van der Waals surface area contributed by atoms with E-state index in [4.69, 9.17) is 23.2 Å². The summed E-state index contributed by atoms with van der Waals surface area (Å²) in [7, 11) is 0. The minimum absolute atomic E-state index is 0.00790. The molecule has 0 N–H and O–H groups in total. The van der Waals surface area contributed by atoms with Gasteiger partial charge in [-0.25, -0.2) is 0 Å². The normalized spacial score (nSPS) is 39.5. The highest BCUT2D eigenvalue weighted by molar-refractivity contribution is 6.56. The monoisotopic (exact) mass is 254 g/mol. The molecule has 2 nitrogen and oxygen atoms in total. The first kappa shape index (κ1) is 10.3. The van der Waals surface area contributed by atoms with E-state index in [1.165, 1.54) is 12.2 Å². The van der Waals surface area contributed by atoms with E-state index in [9.17, 15) is 9.59 Å². The molecule has 82 valence electrons. The number of allylic oxidation sites excluding steroid dienone is 5. The second kappa shape index (κ2) is 3.31. The fourth-order valence-electron chi connectivity index (χ4n) is 3.09. The van der Waals surface area contributed by atoms with Gasteiger partial charge in [0.15, 0.2) is 11.6 Å². The Morgan fingerprint density at radius 3 is 1.75 bits per heavy atom. The molecule has 0 aromatic carbocycles. The van der Waals surface area contributed by atoms with Crippen LogP contribution in [0.25, 0.3) is 0 Å². The van der Waals surface area contributed by atoms with Gasteiger partial charge in [0.2, 0.25) is 0 Å². The molecule has 1 saturated carbocycles. The quantitative estimate of drug-likeness (QED) is 0.623. The van der Waals surface area contributed by atoms with Crippen LogP contribution in [0.4, 0.5) is 0 Å². The smallest absolute Gasteiger partial charge is 0.160 e. The molecule has 0 aromatic heterocycles. The van der Waals surface area contributed by atoms with Crippen LogP contribution in [0, 0.1) is 23.7 Å². The Morgan fingerprint density at radius 1 is 0.938 bits per heavy atom. The number of carbonyl (C=O) groups excluding carboxylic acids is 2. The molecule has 3 aliphatic rings. The largest absolute Gasteiger partial charge is 0.294 e. The summed E-state index contributed by atoms with van der Waals surface area (Å²) in [6.07, 6.45) is 6.63. The van der Waals surface area contributed by atoms with Crippen molar-refractivity contribution in [2.75, 3.05) is 0 Å². The molecule has 3 rings (SSSR count). The summed E-state index contributed by atoms with van der Waals surface area (Å²) in [5, 5.41) is 0. The standard InChI is InChI=1S/C12H8Cl2O2/c13-12(14)9-5-1-2-6(9)11-8(16)4-3-7(15)10(5)11/h1-6,10-11H. The van der Waals surface area contributed by atoms with Crippen LogP contribution in [0.3, 0.4) is 0 Å². The van der Waals surface area contributed by atoms with Gasteiger partial charge in [-0.3, -0.25) is 9.59 Å². The fourth-order valence-corrected chi connectivity index (χ4v) is 3.59. The maximum Gasteiger partial charge on any atom is 0.160 e. The molecule has 0 heterocycles. The molecule has 0 aromatic rings. The van der Waals surface area contributed by atoms with E-state index < -0.39 is 0 Å². The Hall–Kier alpha value is -0.860. The topological polar surface area (TPSA) is 34.1 Å². The van der Waals surface area contributed by atoms with Crippen molar-refractivity contribution >= 4 is 34.8 Å². The van der Waals surface area contributed by atoms with Crippen LogP contribution in [0.5, 0.6) is 0 Å². The van der Waals surface area contributed by atoms with Gasteiger partial charge in [-0.15, -0.1) is 0 Å². The summed E-state index contributed by atoms with van der Waals surface area (Å²) < 4.78 is 0.204. The first-order chi connectivity index (χ1) is 7.61. The van der Waals surface area contributed by atoms with Crippen molar-refractivity contribution in [3.8, 4) is 0 Å². The van der Waals surface area contributed by atoms with Crippen molar-refractivity contribution in [1.82, 2.24) is 0 Å². The third-order valence-electron chi connectivity index (χ3n) is 3.69. The summed E-state index contributed by atoms with van der Waals surface area (Å²) in [6, 6.07) is 0. The van der Waals surface area contributed by atoms with Crippen LogP contribution >= 0.6 is 23.2 Å². The predicted octanol–water partition coefficient (Wildman–Crippen LogP) is 2.43. The number of carbonyl (C=O) groups is 2. The maximum atomic E-state index is 11.8. The summed E-state index contributed by atoms with van der Waals surface area (Å²) in [5.74, 6) is -0.713. The highest BCUT2D eigenvalue weighted by Crippen LogP contribution is 2.55. The lowest BCUT2D eigenvalue weighted by Gasteiger charge is -2.25. The highest BCUT2D eigenvalue weighted by atomic mass is 35.5. The molecule has 0 saturated heterocycles. The lowest BCUT2D eigenvalue weighted by molar-refractivity contribution is -0.129. The number of hydrogen-bond donors (Lipinski definition) is 0. The Morgan fingerprint density at radius 2 is 1.38 bits per heavy atom. The number of halogens is 2.